The monoisotopic (exact) mass is 264 g/mol. The fraction of sp³-hybridized carbons (Fsp3) is 0.733. The summed E-state index contributed by atoms with van der Waals surface area (Å²) in [4.78, 5) is 1.41. The number of thiophene rings is 1. The van der Waals surface area contributed by atoms with Crippen LogP contribution >= 0.6 is 11.3 Å². The lowest BCUT2D eigenvalue weighted by atomic mass is 9.66. The largest absolute Gasteiger partial charge is 0.271 e. The molecule has 2 fully saturated rings. The third-order valence-corrected chi connectivity index (χ3v) is 6.04. The molecule has 1 aromatic heterocycles. The molecule has 3 heteroatoms. The highest BCUT2D eigenvalue weighted by Crippen LogP contribution is 2.46. The normalized spacial score (nSPS) is 33.9. The summed E-state index contributed by atoms with van der Waals surface area (Å²) in [7, 11) is 0. The maximum Gasteiger partial charge on any atom is 0.0581 e. The minimum atomic E-state index is 0.382. The van der Waals surface area contributed by atoms with E-state index in [9.17, 15) is 0 Å². The summed E-state index contributed by atoms with van der Waals surface area (Å²) in [6.45, 7) is 0. The molecule has 3 N–H and O–H groups in total. The van der Waals surface area contributed by atoms with Crippen LogP contribution in [0.4, 0.5) is 0 Å². The van der Waals surface area contributed by atoms with Gasteiger partial charge in [-0.2, -0.15) is 0 Å². The molecule has 0 saturated heterocycles. The molecule has 2 aliphatic rings. The Morgan fingerprint density at radius 1 is 1.17 bits per heavy atom. The number of nitrogens with two attached hydrogens (primary N) is 1. The van der Waals surface area contributed by atoms with Crippen molar-refractivity contribution >= 4 is 11.3 Å². The summed E-state index contributed by atoms with van der Waals surface area (Å²) in [6, 6.07) is 4.74. The van der Waals surface area contributed by atoms with Crippen molar-refractivity contribution in [3.8, 4) is 0 Å². The molecule has 18 heavy (non-hydrogen) atoms. The van der Waals surface area contributed by atoms with E-state index in [0.717, 1.165) is 17.8 Å². The molecule has 1 heterocycles. The van der Waals surface area contributed by atoms with Crippen LogP contribution in [0.5, 0.6) is 0 Å². The molecule has 2 saturated carbocycles. The Bertz CT molecular complexity index is 363. The van der Waals surface area contributed by atoms with Crippen molar-refractivity contribution in [2.24, 2.45) is 23.6 Å². The quantitative estimate of drug-likeness (QED) is 0.642. The van der Waals surface area contributed by atoms with E-state index in [-0.39, 0.29) is 0 Å². The molecule has 0 bridgehead atoms. The van der Waals surface area contributed by atoms with Crippen molar-refractivity contribution in [3.63, 3.8) is 0 Å². The van der Waals surface area contributed by atoms with Gasteiger partial charge in [0.1, 0.15) is 0 Å². The highest BCUT2D eigenvalue weighted by Gasteiger charge is 2.35. The smallest absolute Gasteiger partial charge is 0.0581 e. The van der Waals surface area contributed by atoms with Gasteiger partial charge in [-0.05, 0) is 48.5 Å². The van der Waals surface area contributed by atoms with E-state index in [4.69, 9.17) is 5.84 Å². The van der Waals surface area contributed by atoms with Gasteiger partial charge in [0, 0.05) is 4.88 Å². The van der Waals surface area contributed by atoms with Crippen LogP contribution in [0, 0.1) is 17.8 Å². The topological polar surface area (TPSA) is 38.0 Å². The van der Waals surface area contributed by atoms with E-state index < -0.39 is 0 Å². The number of nitrogens with one attached hydrogen (secondary N) is 1. The molecular weight excluding hydrogens is 240 g/mol. The predicted molar refractivity (Wildman–Crippen MR) is 77.2 cm³/mol. The molecule has 0 aromatic carbocycles. The molecule has 0 aliphatic heterocycles. The number of fused-ring (bicyclic) bond motifs is 1. The van der Waals surface area contributed by atoms with Crippen molar-refractivity contribution in [1.82, 2.24) is 5.43 Å². The third kappa shape index (κ3) is 2.49. The SMILES string of the molecule is NNC(c1cccs1)C1CCC2CCCCC2C1. The number of hydrazine groups is 1. The van der Waals surface area contributed by atoms with Gasteiger partial charge in [0.15, 0.2) is 0 Å². The zero-order valence-electron chi connectivity index (χ0n) is 11.0. The van der Waals surface area contributed by atoms with E-state index >= 15 is 0 Å². The Morgan fingerprint density at radius 3 is 2.72 bits per heavy atom. The Balaban J connectivity index is 1.69. The van der Waals surface area contributed by atoms with Gasteiger partial charge in [-0.3, -0.25) is 11.3 Å². The number of hydrogen-bond donors (Lipinski definition) is 2. The summed E-state index contributed by atoms with van der Waals surface area (Å²) in [5, 5.41) is 2.16. The van der Waals surface area contributed by atoms with Crippen molar-refractivity contribution in [2.45, 2.75) is 51.0 Å². The second kappa shape index (κ2) is 5.72. The van der Waals surface area contributed by atoms with Gasteiger partial charge in [0.05, 0.1) is 6.04 Å². The second-order valence-electron chi connectivity index (χ2n) is 6.04. The van der Waals surface area contributed by atoms with Crippen LogP contribution in [0.25, 0.3) is 0 Å². The lowest BCUT2D eigenvalue weighted by molar-refractivity contribution is 0.110. The molecule has 4 atom stereocenters. The highest BCUT2D eigenvalue weighted by molar-refractivity contribution is 7.10. The molecule has 0 radical (unpaired) electrons. The summed E-state index contributed by atoms with van der Waals surface area (Å²) in [5.41, 5.74) is 3.08. The zero-order valence-corrected chi connectivity index (χ0v) is 11.8. The van der Waals surface area contributed by atoms with Gasteiger partial charge in [0.2, 0.25) is 0 Å². The molecule has 1 aromatic rings. The molecule has 2 nitrogen and oxygen atoms in total. The molecule has 0 spiro atoms. The highest BCUT2D eigenvalue weighted by atomic mass is 32.1. The van der Waals surface area contributed by atoms with Gasteiger partial charge in [0.25, 0.3) is 0 Å². The Hall–Kier alpha value is -0.380. The average molecular weight is 264 g/mol. The van der Waals surface area contributed by atoms with E-state index in [1.165, 1.54) is 49.8 Å². The third-order valence-electron chi connectivity index (χ3n) is 5.08. The Kier molecular flexibility index (Phi) is 4.02. The van der Waals surface area contributed by atoms with Gasteiger partial charge < -0.3 is 0 Å². The van der Waals surface area contributed by atoms with Crippen LogP contribution in [0.3, 0.4) is 0 Å². The first kappa shape index (κ1) is 12.6. The van der Waals surface area contributed by atoms with Crippen molar-refractivity contribution < 1.29 is 0 Å². The van der Waals surface area contributed by atoms with Crippen molar-refractivity contribution in [2.75, 3.05) is 0 Å². The van der Waals surface area contributed by atoms with Gasteiger partial charge >= 0.3 is 0 Å². The zero-order chi connectivity index (χ0) is 12.4. The van der Waals surface area contributed by atoms with Gasteiger partial charge in [-0.1, -0.05) is 31.7 Å². The summed E-state index contributed by atoms with van der Waals surface area (Å²) in [5.74, 6) is 8.57. The maximum absolute atomic E-state index is 5.82. The minimum Gasteiger partial charge on any atom is -0.271 e. The number of hydrogen-bond acceptors (Lipinski definition) is 3. The lowest BCUT2D eigenvalue weighted by Gasteiger charge is -2.41. The van der Waals surface area contributed by atoms with E-state index in [2.05, 4.69) is 22.9 Å². The fourth-order valence-electron chi connectivity index (χ4n) is 4.13. The molecule has 0 amide bonds. The van der Waals surface area contributed by atoms with Crippen molar-refractivity contribution in [1.29, 1.82) is 0 Å². The molecule has 3 rings (SSSR count). The van der Waals surface area contributed by atoms with Crippen LogP contribution in [0.2, 0.25) is 0 Å². The fourth-order valence-corrected chi connectivity index (χ4v) is 5.01. The van der Waals surface area contributed by atoms with E-state index in [1.54, 1.807) is 0 Å². The summed E-state index contributed by atoms with van der Waals surface area (Å²) < 4.78 is 0. The van der Waals surface area contributed by atoms with Crippen LogP contribution in [0.1, 0.15) is 55.9 Å². The standard InChI is InChI=1S/C15H24N2S/c16-17-15(14-6-3-9-18-14)13-8-7-11-4-1-2-5-12(11)10-13/h3,6,9,11-13,15,17H,1-2,4-5,7-8,10,16H2. The predicted octanol–water partition coefficient (Wildman–Crippen LogP) is 3.86. The molecule has 100 valence electrons. The first-order valence-electron chi connectivity index (χ1n) is 7.38. The molecular formula is C15H24N2S. The van der Waals surface area contributed by atoms with Crippen LogP contribution in [-0.4, -0.2) is 0 Å². The first-order chi connectivity index (χ1) is 8.88. The van der Waals surface area contributed by atoms with Gasteiger partial charge in [-0.25, -0.2) is 0 Å². The summed E-state index contributed by atoms with van der Waals surface area (Å²) >= 11 is 1.84. The first-order valence-corrected chi connectivity index (χ1v) is 8.26. The Morgan fingerprint density at radius 2 is 2.00 bits per heavy atom. The average Bonchev–Trinajstić information content (AvgIpc) is 2.93. The van der Waals surface area contributed by atoms with Crippen LogP contribution in [0.15, 0.2) is 17.5 Å². The number of rotatable bonds is 3. The van der Waals surface area contributed by atoms with E-state index in [0.29, 0.717) is 6.04 Å². The molecule has 2 aliphatic carbocycles. The van der Waals surface area contributed by atoms with Crippen LogP contribution < -0.4 is 11.3 Å². The van der Waals surface area contributed by atoms with Crippen molar-refractivity contribution in [3.05, 3.63) is 22.4 Å². The lowest BCUT2D eigenvalue weighted by Crippen LogP contribution is -2.38. The van der Waals surface area contributed by atoms with Crippen LogP contribution in [-0.2, 0) is 0 Å². The molecule has 4 unspecified atom stereocenters. The Labute approximate surface area is 114 Å². The maximum atomic E-state index is 5.82. The van der Waals surface area contributed by atoms with Gasteiger partial charge in [-0.15, -0.1) is 11.3 Å². The second-order valence-corrected chi connectivity index (χ2v) is 7.02. The minimum absolute atomic E-state index is 0.382. The summed E-state index contributed by atoms with van der Waals surface area (Å²) in [6.07, 6.45) is 10.0. The van der Waals surface area contributed by atoms with E-state index in [1.807, 2.05) is 11.3 Å².